The van der Waals surface area contributed by atoms with Crippen LogP contribution in [0.1, 0.15) is 27.2 Å². The van der Waals surface area contributed by atoms with Gasteiger partial charge in [0, 0.05) is 0 Å². The van der Waals surface area contributed by atoms with Crippen molar-refractivity contribution in [1.29, 1.82) is 5.26 Å². The Kier molecular flexibility index (Phi) is 4.60. The first-order chi connectivity index (χ1) is 7.06. The van der Waals surface area contributed by atoms with E-state index in [1.165, 1.54) is 26.8 Å². The summed E-state index contributed by atoms with van der Waals surface area (Å²) < 4.78 is 41.5. The van der Waals surface area contributed by atoms with E-state index < -0.39 is 30.3 Å². The molecular formula is C9H13F3N2O2. The summed E-state index contributed by atoms with van der Waals surface area (Å²) in [5.74, 6) is 0. The molecule has 1 amide bonds. The number of carbonyl (C=O) groups is 1. The maximum absolute atomic E-state index is 12.3. The second-order valence-electron chi connectivity index (χ2n) is 4.10. The fourth-order valence-corrected chi connectivity index (χ4v) is 0.790. The molecule has 0 aromatic carbocycles. The van der Waals surface area contributed by atoms with Crippen LogP contribution in [0.25, 0.3) is 0 Å². The van der Waals surface area contributed by atoms with Gasteiger partial charge in [-0.25, -0.2) is 4.79 Å². The van der Waals surface area contributed by atoms with Crippen molar-refractivity contribution < 1.29 is 22.7 Å². The van der Waals surface area contributed by atoms with Gasteiger partial charge in [0.2, 0.25) is 0 Å². The number of alkyl halides is 3. The van der Waals surface area contributed by atoms with E-state index in [4.69, 9.17) is 5.26 Å². The third-order valence-electron chi connectivity index (χ3n) is 1.38. The zero-order valence-corrected chi connectivity index (χ0v) is 9.18. The van der Waals surface area contributed by atoms with E-state index in [1.54, 1.807) is 5.32 Å². The van der Waals surface area contributed by atoms with Gasteiger partial charge in [-0.1, -0.05) is 0 Å². The highest BCUT2D eigenvalue weighted by Crippen LogP contribution is 2.22. The van der Waals surface area contributed by atoms with Gasteiger partial charge in [0.05, 0.1) is 12.5 Å². The molecule has 0 aliphatic rings. The number of ether oxygens (including phenoxy) is 1. The molecular weight excluding hydrogens is 225 g/mol. The molecule has 7 heteroatoms. The van der Waals surface area contributed by atoms with Crippen LogP contribution in [0, 0.1) is 11.3 Å². The number of alkyl carbamates (subject to hydrolysis) is 1. The number of rotatable bonds is 2. The van der Waals surface area contributed by atoms with Crippen molar-refractivity contribution in [2.75, 3.05) is 0 Å². The van der Waals surface area contributed by atoms with Crippen molar-refractivity contribution >= 4 is 6.09 Å². The van der Waals surface area contributed by atoms with Crippen LogP contribution in [0.5, 0.6) is 0 Å². The molecule has 0 heterocycles. The minimum Gasteiger partial charge on any atom is -0.444 e. The number of hydrogen-bond acceptors (Lipinski definition) is 3. The predicted octanol–water partition coefficient (Wildman–Crippen LogP) is 2.36. The van der Waals surface area contributed by atoms with Gasteiger partial charge in [0.25, 0.3) is 0 Å². The van der Waals surface area contributed by atoms with Crippen LogP contribution < -0.4 is 5.32 Å². The van der Waals surface area contributed by atoms with Crippen molar-refractivity contribution in [3.63, 3.8) is 0 Å². The second kappa shape index (κ2) is 5.05. The quantitative estimate of drug-likeness (QED) is 0.803. The van der Waals surface area contributed by atoms with Crippen LogP contribution in [-0.2, 0) is 4.74 Å². The van der Waals surface area contributed by atoms with Gasteiger partial charge in [-0.3, -0.25) is 0 Å². The highest BCUT2D eigenvalue weighted by atomic mass is 19.4. The Morgan fingerprint density at radius 1 is 1.44 bits per heavy atom. The van der Waals surface area contributed by atoms with Gasteiger partial charge in [-0.05, 0) is 20.8 Å². The molecule has 0 bridgehead atoms. The lowest BCUT2D eigenvalue weighted by molar-refractivity contribution is -0.153. The Bertz CT molecular complexity index is 289. The van der Waals surface area contributed by atoms with Crippen LogP contribution in [0.3, 0.4) is 0 Å². The molecule has 1 unspecified atom stereocenters. The highest BCUT2D eigenvalue weighted by molar-refractivity contribution is 5.68. The zero-order valence-electron chi connectivity index (χ0n) is 9.18. The number of nitrogens with zero attached hydrogens (tertiary/aromatic N) is 1. The molecule has 0 radical (unpaired) electrons. The minimum atomic E-state index is -4.66. The smallest absolute Gasteiger partial charge is 0.409 e. The van der Waals surface area contributed by atoms with E-state index in [0.717, 1.165) is 0 Å². The van der Waals surface area contributed by atoms with E-state index in [-0.39, 0.29) is 0 Å². The topological polar surface area (TPSA) is 62.1 Å². The fraction of sp³-hybridized carbons (Fsp3) is 0.778. The first-order valence-electron chi connectivity index (χ1n) is 4.49. The molecule has 0 aromatic rings. The van der Waals surface area contributed by atoms with Crippen molar-refractivity contribution in [1.82, 2.24) is 5.32 Å². The lowest BCUT2D eigenvalue weighted by atomic mass is 10.2. The number of carbonyl (C=O) groups excluding carboxylic acids is 1. The summed E-state index contributed by atoms with van der Waals surface area (Å²) in [6.45, 7) is 4.58. The molecule has 0 aliphatic carbocycles. The molecule has 0 saturated carbocycles. The molecule has 0 aliphatic heterocycles. The molecule has 0 spiro atoms. The standard InChI is InChI=1S/C9H13F3N2O2/c1-8(2,3)16-7(15)14-6(4-5-13)9(10,11)12/h6H,4H2,1-3H3,(H,14,15). The summed E-state index contributed by atoms with van der Waals surface area (Å²) in [5.41, 5.74) is -0.882. The SMILES string of the molecule is CC(C)(C)OC(=O)NC(CC#N)C(F)(F)F. The van der Waals surface area contributed by atoms with Crippen molar-refractivity contribution in [3.05, 3.63) is 0 Å². The molecule has 1 atom stereocenters. The van der Waals surface area contributed by atoms with Gasteiger partial charge in [0.15, 0.2) is 0 Å². The average molecular weight is 238 g/mol. The molecule has 0 saturated heterocycles. The van der Waals surface area contributed by atoms with E-state index in [9.17, 15) is 18.0 Å². The monoisotopic (exact) mass is 238 g/mol. The summed E-state index contributed by atoms with van der Waals surface area (Å²) >= 11 is 0. The predicted molar refractivity (Wildman–Crippen MR) is 49.4 cm³/mol. The van der Waals surface area contributed by atoms with E-state index in [2.05, 4.69) is 4.74 Å². The maximum atomic E-state index is 12.3. The molecule has 0 rings (SSSR count). The Labute approximate surface area is 91.4 Å². The Hall–Kier alpha value is -1.45. The van der Waals surface area contributed by atoms with E-state index >= 15 is 0 Å². The number of hydrogen-bond donors (Lipinski definition) is 1. The van der Waals surface area contributed by atoms with Crippen molar-refractivity contribution in [3.8, 4) is 6.07 Å². The van der Waals surface area contributed by atoms with Gasteiger partial charge in [0.1, 0.15) is 11.6 Å². The van der Waals surface area contributed by atoms with Crippen molar-refractivity contribution in [2.24, 2.45) is 0 Å². The molecule has 16 heavy (non-hydrogen) atoms. The van der Waals surface area contributed by atoms with Crippen molar-refractivity contribution in [2.45, 2.75) is 45.0 Å². The average Bonchev–Trinajstić information content (AvgIpc) is 1.97. The lowest BCUT2D eigenvalue weighted by Gasteiger charge is -2.23. The highest BCUT2D eigenvalue weighted by Gasteiger charge is 2.41. The third kappa shape index (κ3) is 6.11. The first-order valence-corrected chi connectivity index (χ1v) is 4.49. The van der Waals surface area contributed by atoms with E-state index in [1.807, 2.05) is 0 Å². The van der Waals surface area contributed by atoms with Crippen LogP contribution in [0.2, 0.25) is 0 Å². The first kappa shape index (κ1) is 14.6. The summed E-state index contributed by atoms with van der Waals surface area (Å²) in [5, 5.41) is 9.81. The molecule has 92 valence electrons. The van der Waals surface area contributed by atoms with Gasteiger partial charge in [-0.2, -0.15) is 18.4 Å². The summed E-state index contributed by atoms with van der Waals surface area (Å²) in [6.07, 6.45) is -6.69. The fourth-order valence-electron chi connectivity index (χ4n) is 0.790. The third-order valence-corrected chi connectivity index (χ3v) is 1.38. The Balaban J connectivity index is 4.43. The van der Waals surface area contributed by atoms with Crippen LogP contribution in [0.4, 0.5) is 18.0 Å². The summed E-state index contributed by atoms with van der Waals surface area (Å²) in [4.78, 5) is 11.0. The number of nitrogens with one attached hydrogen (secondary N) is 1. The normalized spacial score (nSPS) is 13.8. The lowest BCUT2D eigenvalue weighted by Crippen LogP contribution is -2.46. The minimum absolute atomic E-state index is 0.845. The zero-order chi connectivity index (χ0) is 13.0. The molecule has 0 fully saturated rings. The molecule has 4 nitrogen and oxygen atoms in total. The van der Waals surface area contributed by atoms with Gasteiger partial charge >= 0.3 is 12.3 Å². The number of nitriles is 1. The van der Waals surface area contributed by atoms with Crippen LogP contribution >= 0.6 is 0 Å². The number of halogens is 3. The Morgan fingerprint density at radius 3 is 2.25 bits per heavy atom. The van der Waals surface area contributed by atoms with Gasteiger partial charge in [-0.15, -0.1) is 0 Å². The van der Waals surface area contributed by atoms with Crippen LogP contribution in [0.15, 0.2) is 0 Å². The van der Waals surface area contributed by atoms with E-state index in [0.29, 0.717) is 0 Å². The largest absolute Gasteiger partial charge is 0.444 e. The Morgan fingerprint density at radius 2 is 1.94 bits per heavy atom. The number of amides is 1. The summed E-state index contributed by atoms with van der Waals surface area (Å²) in [6, 6.07) is -0.849. The van der Waals surface area contributed by atoms with Gasteiger partial charge < -0.3 is 10.1 Å². The van der Waals surface area contributed by atoms with Crippen LogP contribution in [-0.4, -0.2) is 23.9 Å². The molecule has 0 aromatic heterocycles. The maximum Gasteiger partial charge on any atom is 0.409 e. The molecule has 1 N–H and O–H groups in total. The second-order valence-corrected chi connectivity index (χ2v) is 4.10. The summed E-state index contributed by atoms with van der Waals surface area (Å²) in [7, 11) is 0.